The maximum absolute atomic E-state index is 11.7. The average Bonchev–Trinajstić information content (AvgIpc) is 2.88. The van der Waals surface area contributed by atoms with Crippen LogP contribution in [0.25, 0.3) is 0 Å². The van der Waals surface area contributed by atoms with Gasteiger partial charge in [-0.15, -0.1) is 11.6 Å². The number of hydrogen-bond acceptors (Lipinski definition) is 10. The molecule has 1 aromatic carbocycles. The van der Waals surface area contributed by atoms with Crippen molar-refractivity contribution in [3.8, 4) is 5.75 Å². The maximum Gasteiger partial charge on any atom is 0.514 e. The molecule has 0 aliphatic rings. The molecule has 0 atom stereocenters. The summed E-state index contributed by atoms with van der Waals surface area (Å²) in [5, 5.41) is 10.6. The van der Waals surface area contributed by atoms with E-state index in [1.54, 1.807) is 12.2 Å². The summed E-state index contributed by atoms with van der Waals surface area (Å²) in [4.78, 5) is 33.3. The highest BCUT2D eigenvalue weighted by Gasteiger charge is 2.08. The lowest BCUT2D eigenvalue weighted by Gasteiger charge is -2.07. The Morgan fingerprint density at radius 1 is 0.784 bits per heavy atom. The number of benzene rings is 1. The van der Waals surface area contributed by atoms with Crippen molar-refractivity contribution in [3.63, 3.8) is 0 Å². The molecule has 208 valence electrons. The summed E-state index contributed by atoms with van der Waals surface area (Å²) >= 11 is 5.62. The molecule has 0 aliphatic carbocycles. The van der Waals surface area contributed by atoms with E-state index in [1.807, 2.05) is 0 Å². The van der Waals surface area contributed by atoms with E-state index in [0.717, 1.165) is 32.3 Å². The Kier molecular flexibility index (Phi) is 19.6. The molecule has 0 spiro atoms. The van der Waals surface area contributed by atoms with E-state index >= 15 is 0 Å². The fourth-order valence-electron chi connectivity index (χ4n) is 2.74. The van der Waals surface area contributed by atoms with Gasteiger partial charge in [-0.25, -0.2) is 4.79 Å². The first-order valence-electron chi connectivity index (χ1n) is 12.2. The van der Waals surface area contributed by atoms with Crippen LogP contribution >= 0.6 is 11.6 Å². The smallest absolute Gasteiger partial charge is 0.463 e. The molecule has 0 bridgehead atoms. The minimum absolute atomic E-state index is 0.0343. The van der Waals surface area contributed by atoms with Crippen LogP contribution in [0, 0.1) is 10.1 Å². The van der Waals surface area contributed by atoms with E-state index in [9.17, 15) is 19.7 Å². The third-order valence-electron chi connectivity index (χ3n) is 4.63. The van der Waals surface area contributed by atoms with E-state index in [1.165, 1.54) is 24.3 Å². The van der Waals surface area contributed by atoms with E-state index in [0.29, 0.717) is 32.1 Å². The van der Waals surface area contributed by atoms with Crippen molar-refractivity contribution >= 4 is 29.4 Å². The molecular weight excluding hydrogens is 510 g/mol. The number of ether oxygens (including phenoxy) is 6. The van der Waals surface area contributed by atoms with Gasteiger partial charge in [-0.05, 0) is 37.5 Å². The first kappa shape index (κ1) is 32.3. The van der Waals surface area contributed by atoms with Crippen molar-refractivity contribution in [2.45, 2.75) is 38.5 Å². The second-order valence-corrected chi connectivity index (χ2v) is 7.99. The molecule has 0 N–H and O–H groups in total. The number of halogens is 1. The lowest BCUT2D eigenvalue weighted by Crippen LogP contribution is -2.12. The van der Waals surface area contributed by atoms with Gasteiger partial charge in [0.2, 0.25) is 0 Å². The molecule has 0 aromatic heterocycles. The highest BCUT2D eigenvalue weighted by molar-refractivity contribution is 6.17. The van der Waals surface area contributed by atoms with E-state index < -0.39 is 11.1 Å². The van der Waals surface area contributed by atoms with Crippen molar-refractivity contribution in [1.82, 2.24) is 0 Å². The topological polar surface area (TPSA) is 133 Å². The molecule has 0 amide bonds. The summed E-state index contributed by atoms with van der Waals surface area (Å²) in [5.74, 6) is 0.538. The number of rotatable bonds is 22. The number of nitro benzene ring substituents is 1. The third kappa shape index (κ3) is 19.1. The Labute approximate surface area is 222 Å². The highest BCUT2D eigenvalue weighted by Crippen LogP contribution is 2.17. The van der Waals surface area contributed by atoms with Gasteiger partial charge >= 0.3 is 12.1 Å². The summed E-state index contributed by atoms with van der Waals surface area (Å²) in [6, 6.07) is 5.04. The van der Waals surface area contributed by atoms with Gasteiger partial charge in [0.15, 0.2) is 0 Å². The Hall–Kier alpha value is -2.73. The number of non-ortho nitro benzene ring substituents is 1. The lowest BCUT2D eigenvalue weighted by molar-refractivity contribution is -0.384. The molecule has 0 saturated heterocycles. The second-order valence-electron chi connectivity index (χ2n) is 7.61. The van der Waals surface area contributed by atoms with Gasteiger partial charge < -0.3 is 28.4 Å². The zero-order chi connectivity index (χ0) is 27.0. The van der Waals surface area contributed by atoms with Gasteiger partial charge in [0.1, 0.15) is 19.0 Å². The predicted octanol–water partition coefficient (Wildman–Crippen LogP) is 4.84. The number of carbonyl (C=O) groups excluding carboxylic acids is 2. The standard InChI is InChI=1S/C25H36ClNO10/c26-13-3-1-2-4-14-32-18-19-34-16-7-8-24(28)35-21-20-33-15-5-6-17-36-25(29)37-23-11-9-22(10-12-23)27(30)31/h5-6,9-12H,1-4,7-8,13-21H2/b6-5-. The summed E-state index contributed by atoms with van der Waals surface area (Å²) < 4.78 is 31.0. The molecule has 0 fully saturated rings. The first-order valence-corrected chi connectivity index (χ1v) is 12.7. The van der Waals surface area contributed by atoms with Crippen LogP contribution < -0.4 is 4.74 Å². The van der Waals surface area contributed by atoms with Crippen LogP contribution in [0.1, 0.15) is 38.5 Å². The van der Waals surface area contributed by atoms with Crippen LogP contribution in [0.2, 0.25) is 0 Å². The Morgan fingerprint density at radius 3 is 2.14 bits per heavy atom. The van der Waals surface area contributed by atoms with Gasteiger partial charge in [-0.2, -0.15) is 0 Å². The van der Waals surface area contributed by atoms with Gasteiger partial charge in [0.05, 0.1) is 31.4 Å². The lowest BCUT2D eigenvalue weighted by atomic mass is 10.2. The number of esters is 1. The van der Waals surface area contributed by atoms with E-state index in [2.05, 4.69) is 0 Å². The molecule has 0 unspecified atom stereocenters. The highest BCUT2D eigenvalue weighted by atomic mass is 35.5. The molecular formula is C25H36ClNO10. The average molecular weight is 546 g/mol. The maximum atomic E-state index is 11.7. The molecule has 1 aromatic rings. The molecule has 12 heteroatoms. The van der Waals surface area contributed by atoms with Gasteiger partial charge in [-0.3, -0.25) is 14.9 Å². The first-order chi connectivity index (χ1) is 18.0. The van der Waals surface area contributed by atoms with E-state index in [-0.39, 0.29) is 50.3 Å². The Morgan fingerprint density at radius 2 is 1.43 bits per heavy atom. The summed E-state index contributed by atoms with van der Waals surface area (Å²) in [6.45, 7) is 2.84. The number of alkyl halides is 1. The molecule has 0 heterocycles. The zero-order valence-corrected chi connectivity index (χ0v) is 21.7. The molecule has 37 heavy (non-hydrogen) atoms. The monoisotopic (exact) mass is 545 g/mol. The van der Waals surface area contributed by atoms with Crippen molar-refractivity contribution in [1.29, 1.82) is 0 Å². The summed E-state index contributed by atoms with van der Waals surface area (Å²) in [7, 11) is 0. The van der Waals surface area contributed by atoms with Crippen molar-refractivity contribution in [2.75, 3.05) is 58.7 Å². The molecule has 1 rings (SSSR count). The quantitative estimate of drug-likeness (QED) is 0.0379. The van der Waals surface area contributed by atoms with Gasteiger partial charge in [-0.1, -0.05) is 18.9 Å². The number of hydrogen-bond donors (Lipinski definition) is 0. The van der Waals surface area contributed by atoms with Crippen molar-refractivity contribution in [2.24, 2.45) is 0 Å². The number of nitrogens with zero attached hydrogens (tertiary/aromatic N) is 1. The normalized spacial score (nSPS) is 10.9. The van der Waals surface area contributed by atoms with Crippen molar-refractivity contribution < 1.29 is 42.9 Å². The van der Waals surface area contributed by atoms with Gasteiger partial charge in [0, 0.05) is 37.6 Å². The molecule has 0 radical (unpaired) electrons. The van der Waals surface area contributed by atoms with Crippen LogP contribution in [0.5, 0.6) is 5.75 Å². The molecule has 11 nitrogen and oxygen atoms in total. The number of nitro groups is 1. The minimum atomic E-state index is -0.936. The van der Waals surface area contributed by atoms with Gasteiger partial charge in [0.25, 0.3) is 5.69 Å². The van der Waals surface area contributed by atoms with Crippen molar-refractivity contribution in [3.05, 3.63) is 46.5 Å². The van der Waals surface area contributed by atoms with Crippen LogP contribution in [0.3, 0.4) is 0 Å². The Bertz CT molecular complexity index is 788. The number of unbranched alkanes of at least 4 members (excludes halogenated alkanes) is 3. The van der Waals surface area contributed by atoms with Crippen LogP contribution in [0.4, 0.5) is 10.5 Å². The molecule has 0 saturated carbocycles. The van der Waals surface area contributed by atoms with Crippen LogP contribution in [-0.2, 0) is 28.5 Å². The zero-order valence-electron chi connectivity index (χ0n) is 21.0. The number of carbonyl (C=O) groups is 2. The van der Waals surface area contributed by atoms with E-state index in [4.69, 9.17) is 40.0 Å². The van der Waals surface area contributed by atoms with Crippen LogP contribution in [-0.4, -0.2) is 75.8 Å². The van der Waals surface area contributed by atoms with Crippen LogP contribution in [0.15, 0.2) is 36.4 Å². The summed E-state index contributed by atoms with van der Waals surface area (Å²) in [6.07, 6.45) is 7.46. The fraction of sp³-hybridized carbons (Fsp3) is 0.600. The third-order valence-corrected chi connectivity index (χ3v) is 4.90. The summed E-state index contributed by atoms with van der Waals surface area (Å²) in [5.41, 5.74) is -0.110. The Balaban J connectivity index is 1.88. The minimum Gasteiger partial charge on any atom is -0.463 e. The second kappa shape index (κ2) is 22.5. The largest absolute Gasteiger partial charge is 0.514 e. The fourth-order valence-corrected chi connectivity index (χ4v) is 2.93. The predicted molar refractivity (Wildman–Crippen MR) is 136 cm³/mol. The SMILES string of the molecule is O=C(CCCOCCOCCCCCCCl)OCCOC/C=C\COC(=O)Oc1ccc([N+](=O)[O-])cc1. The molecule has 0 aliphatic heterocycles.